The van der Waals surface area contributed by atoms with Crippen molar-refractivity contribution in [2.75, 3.05) is 30.7 Å². The maximum atomic E-state index is 13.3. The summed E-state index contributed by atoms with van der Waals surface area (Å²) in [7, 11) is -3.77. The van der Waals surface area contributed by atoms with Gasteiger partial charge in [0, 0.05) is 25.3 Å². The molecule has 5 rings (SSSR count). The third kappa shape index (κ3) is 5.45. The lowest BCUT2D eigenvalue weighted by molar-refractivity contribution is 0.0526. The van der Waals surface area contributed by atoms with Gasteiger partial charge in [-0.2, -0.15) is 4.99 Å². The largest absolute Gasteiger partial charge is 0.462 e. The number of fused-ring (bicyclic) bond motifs is 2. The SMILES string of the molecule is CCOCCn1c(=NC(=O)c2ccc(S(=O)(=O)N3CCc4ccccc43)cc2)sc2cc(C(=O)OCC)ccc21. The van der Waals surface area contributed by atoms with Crippen LogP contribution in [-0.4, -0.2) is 51.2 Å². The topological polar surface area (TPSA) is 107 Å². The van der Waals surface area contributed by atoms with Crippen LogP contribution in [0.15, 0.2) is 76.6 Å². The summed E-state index contributed by atoms with van der Waals surface area (Å²) in [6, 6.07) is 18.5. The molecular weight excluding hydrogens is 550 g/mol. The number of benzene rings is 3. The normalized spacial score (nSPS) is 13.6. The minimum Gasteiger partial charge on any atom is -0.462 e. The molecule has 208 valence electrons. The van der Waals surface area contributed by atoms with Gasteiger partial charge in [0.15, 0.2) is 4.80 Å². The van der Waals surface area contributed by atoms with E-state index in [1.807, 2.05) is 35.8 Å². The summed E-state index contributed by atoms with van der Waals surface area (Å²) in [5, 5.41) is 0. The number of aromatic nitrogens is 1. The minimum absolute atomic E-state index is 0.112. The van der Waals surface area contributed by atoms with E-state index in [0.29, 0.717) is 48.8 Å². The van der Waals surface area contributed by atoms with Gasteiger partial charge in [0.25, 0.3) is 15.9 Å². The zero-order chi connectivity index (χ0) is 28.3. The number of hydrogen-bond acceptors (Lipinski definition) is 7. The molecule has 0 unspecified atom stereocenters. The van der Waals surface area contributed by atoms with Gasteiger partial charge < -0.3 is 14.0 Å². The lowest BCUT2D eigenvalue weighted by Gasteiger charge is -2.19. The number of ether oxygens (including phenoxy) is 2. The Morgan fingerprint density at radius 1 is 0.975 bits per heavy atom. The van der Waals surface area contributed by atoms with E-state index in [2.05, 4.69) is 4.99 Å². The maximum Gasteiger partial charge on any atom is 0.338 e. The smallest absolute Gasteiger partial charge is 0.338 e. The van der Waals surface area contributed by atoms with Crippen molar-refractivity contribution in [3.63, 3.8) is 0 Å². The number of esters is 1. The van der Waals surface area contributed by atoms with E-state index in [0.717, 1.165) is 15.8 Å². The molecule has 1 amide bonds. The fraction of sp³-hybridized carbons (Fsp3) is 0.276. The van der Waals surface area contributed by atoms with Crippen LogP contribution >= 0.6 is 11.3 Å². The predicted molar refractivity (Wildman–Crippen MR) is 153 cm³/mol. The third-order valence-electron chi connectivity index (χ3n) is 6.59. The standard InChI is InChI=1S/C29H29N3O6S2/c1-3-37-18-17-31-25-14-11-22(28(34)38-4-2)19-26(25)39-29(31)30-27(33)21-9-12-23(13-10-21)40(35,36)32-16-15-20-7-5-6-8-24(20)32/h5-14,19H,3-4,15-18H2,1-2H3. The molecule has 2 heterocycles. The monoisotopic (exact) mass is 579 g/mol. The molecule has 0 saturated heterocycles. The van der Waals surface area contributed by atoms with Crippen molar-refractivity contribution >= 4 is 49.1 Å². The average molecular weight is 580 g/mol. The molecular formula is C29H29N3O6S2. The highest BCUT2D eigenvalue weighted by atomic mass is 32.2. The highest BCUT2D eigenvalue weighted by molar-refractivity contribution is 7.92. The van der Waals surface area contributed by atoms with Crippen LogP contribution in [0, 0.1) is 0 Å². The van der Waals surface area contributed by atoms with Crippen LogP contribution in [-0.2, 0) is 32.5 Å². The number of para-hydroxylation sites is 1. The fourth-order valence-electron chi connectivity index (χ4n) is 4.62. The Morgan fingerprint density at radius 2 is 1.73 bits per heavy atom. The van der Waals surface area contributed by atoms with E-state index in [1.54, 1.807) is 25.1 Å². The first-order chi connectivity index (χ1) is 19.3. The van der Waals surface area contributed by atoms with Crippen LogP contribution in [0.4, 0.5) is 5.69 Å². The van der Waals surface area contributed by atoms with Crippen molar-refractivity contribution in [3.05, 3.63) is 88.2 Å². The Kier molecular flexibility index (Phi) is 8.15. The van der Waals surface area contributed by atoms with Gasteiger partial charge in [0.05, 0.1) is 39.6 Å². The zero-order valence-electron chi connectivity index (χ0n) is 22.2. The van der Waals surface area contributed by atoms with Crippen LogP contribution in [0.5, 0.6) is 0 Å². The Balaban J connectivity index is 1.45. The van der Waals surface area contributed by atoms with E-state index in [-0.39, 0.29) is 17.1 Å². The summed E-state index contributed by atoms with van der Waals surface area (Å²) in [5.74, 6) is -0.918. The molecule has 0 atom stereocenters. The first-order valence-electron chi connectivity index (χ1n) is 13.0. The second-order valence-electron chi connectivity index (χ2n) is 9.03. The first-order valence-corrected chi connectivity index (χ1v) is 15.3. The van der Waals surface area contributed by atoms with E-state index in [4.69, 9.17) is 9.47 Å². The first kappa shape index (κ1) is 27.8. The van der Waals surface area contributed by atoms with Crippen molar-refractivity contribution in [1.29, 1.82) is 0 Å². The van der Waals surface area contributed by atoms with Gasteiger partial charge in [0.2, 0.25) is 0 Å². The van der Waals surface area contributed by atoms with Gasteiger partial charge in [-0.25, -0.2) is 13.2 Å². The van der Waals surface area contributed by atoms with Crippen molar-refractivity contribution in [3.8, 4) is 0 Å². The van der Waals surface area contributed by atoms with Crippen LogP contribution in [0.1, 0.15) is 40.1 Å². The number of hydrogen-bond donors (Lipinski definition) is 0. The highest BCUT2D eigenvalue weighted by Crippen LogP contribution is 2.32. The molecule has 0 spiro atoms. The number of carbonyl (C=O) groups is 2. The maximum absolute atomic E-state index is 13.3. The highest BCUT2D eigenvalue weighted by Gasteiger charge is 2.30. The molecule has 0 aliphatic carbocycles. The lowest BCUT2D eigenvalue weighted by Crippen LogP contribution is -2.29. The molecule has 40 heavy (non-hydrogen) atoms. The zero-order valence-corrected chi connectivity index (χ0v) is 23.8. The molecule has 9 nitrogen and oxygen atoms in total. The number of amides is 1. The molecule has 0 N–H and O–H groups in total. The van der Waals surface area contributed by atoms with Gasteiger partial charge in [-0.15, -0.1) is 0 Å². The summed E-state index contributed by atoms with van der Waals surface area (Å²) < 4.78 is 41.4. The summed E-state index contributed by atoms with van der Waals surface area (Å²) in [4.78, 5) is 30.3. The molecule has 0 bridgehead atoms. The van der Waals surface area contributed by atoms with Gasteiger partial charge in [-0.1, -0.05) is 29.5 Å². The molecule has 1 aliphatic rings. The molecule has 3 aromatic carbocycles. The van der Waals surface area contributed by atoms with Crippen molar-refractivity contribution < 1.29 is 27.5 Å². The molecule has 1 aliphatic heterocycles. The summed E-state index contributed by atoms with van der Waals surface area (Å²) in [6.45, 7) is 5.75. The van der Waals surface area contributed by atoms with Crippen LogP contribution < -0.4 is 9.11 Å². The Morgan fingerprint density at radius 3 is 2.48 bits per heavy atom. The summed E-state index contributed by atoms with van der Waals surface area (Å²) in [6.07, 6.45) is 0.657. The number of rotatable bonds is 9. The van der Waals surface area contributed by atoms with Crippen LogP contribution in [0.3, 0.4) is 0 Å². The lowest BCUT2D eigenvalue weighted by atomic mass is 10.2. The second-order valence-corrected chi connectivity index (χ2v) is 11.9. The van der Waals surface area contributed by atoms with E-state index < -0.39 is 21.9 Å². The molecule has 0 fully saturated rings. The second kappa shape index (κ2) is 11.7. The van der Waals surface area contributed by atoms with Crippen LogP contribution in [0.2, 0.25) is 0 Å². The Hall–Kier alpha value is -3.80. The summed E-state index contributed by atoms with van der Waals surface area (Å²) in [5.41, 5.74) is 3.18. The number of nitrogens with zero attached hydrogens (tertiary/aromatic N) is 3. The predicted octanol–water partition coefficient (Wildman–Crippen LogP) is 4.41. The number of sulfonamides is 1. The number of anilines is 1. The number of thiazole rings is 1. The van der Waals surface area contributed by atoms with Crippen LogP contribution in [0.25, 0.3) is 10.2 Å². The van der Waals surface area contributed by atoms with Crippen molar-refractivity contribution in [2.45, 2.75) is 31.7 Å². The van der Waals surface area contributed by atoms with Crippen molar-refractivity contribution in [2.24, 2.45) is 4.99 Å². The Labute approximate surface area is 236 Å². The molecule has 0 radical (unpaired) electrons. The van der Waals surface area contributed by atoms with E-state index >= 15 is 0 Å². The Bertz CT molecular complexity index is 1740. The average Bonchev–Trinajstić information content (AvgIpc) is 3.55. The van der Waals surface area contributed by atoms with Gasteiger partial charge in [0.1, 0.15) is 0 Å². The van der Waals surface area contributed by atoms with E-state index in [1.165, 1.54) is 39.9 Å². The third-order valence-corrected chi connectivity index (χ3v) is 9.46. The quantitative estimate of drug-likeness (QED) is 0.215. The van der Waals surface area contributed by atoms with Gasteiger partial charge in [-0.05, 0) is 74.4 Å². The molecule has 4 aromatic rings. The summed E-state index contributed by atoms with van der Waals surface area (Å²) >= 11 is 1.28. The fourth-order valence-corrected chi connectivity index (χ4v) is 7.22. The number of carbonyl (C=O) groups excluding carboxylic acids is 2. The molecule has 0 saturated carbocycles. The molecule has 11 heteroatoms. The van der Waals surface area contributed by atoms with E-state index in [9.17, 15) is 18.0 Å². The molecule has 1 aromatic heterocycles. The van der Waals surface area contributed by atoms with Gasteiger partial charge in [-0.3, -0.25) is 9.10 Å². The van der Waals surface area contributed by atoms with Gasteiger partial charge >= 0.3 is 5.97 Å². The van der Waals surface area contributed by atoms with Crippen molar-refractivity contribution in [1.82, 2.24) is 4.57 Å². The minimum atomic E-state index is -3.77.